The summed E-state index contributed by atoms with van der Waals surface area (Å²) in [5.74, 6) is -1.77. The van der Waals surface area contributed by atoms with Crippen LogP contribution in [-0.2, 0) is 16.1 Å². The van der Waals surface area contributed by atoms with Gasteiger partial charge < -0.3 is 14.7 Å². The third-order valence-corrected chi connectivity index (χ3v) is 5.72. The number of hydrogen-bond donors (Lipinski definition) is 1. The number of aliphatic hydroxyl groups excluding tert-OH is 1. The van der Waals surface area contributed by atoms with Gasteiger partial charge in [0, 0.05) is 24.0 Å². The molecule has 0 radical (unpaired) electrons. The van der Waals surface area contributed by atoms with Gasteiger partial charge in [0.1, 0.15) is 11.5 Å². The number of nitrogens with zero attached hydrogens (tertiary/aromatic N) is 2. The van der Waals surface area contributed by atoms with Gasteiger partial charge in [-0.2, -0.15) is 0 Å². The second kappa shape index (κ2) is 9.02. The van der Waals surface area contributed by atoms with Gasteiger partial charge in [-0.15, -0.1) is 0 Å². The average Bonchev–Trinajstić information content (AvgIpc) is 3.04. The number of pyridine rings is 1. The minimum atomic E-state index is -0.813. The first-order valence-electron chi connectivity index (χ1n) is 9.68. The number of ketones is 1. The van der Waals surface area contributed by atoms with Gasteiger partial charge in [-0.3, -0.25) is 14.6 Å². The monoisotopic (exact) mass is 468 g/mol. The van der Waals surface area contributed by atoms with Gasteiger partial charge in [-0.1, -0.05) is 53.5 Å². The number of halogens is 2. The summed E-state index contributed by atoms with van der Waals surface area (Å²) in [7, 11) is 1.39. The number of aromatic nitrogens is 1. The van der Waals surface area contributed by atoms with E-state index >= 15 is 0 Å². The third kappa shape index (κ3) is 3.95. The zero-order valence-corrected chi connectivity index (χ0v) is 18.5. The van der Waals surface area contributed by atoms with Gasteiger partial charge in [-0.25, -0.2) is 0 Å². The van der Waals surface area contributed by atoms with Crippen molar-refractivity contribution in [3.05, 3.63) is 99.3 Å². The van der Waals surface area contributed by atoms with Crippen molar-refractivity contribution >= 4 is 40.7 Å². The molecule has 1 aliphatic heterocycles. The van der Waals surface area contributed by atoms with Crippen LogP contribution in [0, 0.1) is 0 Å². The Balaban J connectivity index is 1.92. The maximum atomic E-state index is 13.1. The molecule has 6 nitrogen and oxygen atoms in total. The van der Waals surface area contributed by atoms with E-state index in [-0.39, 0.29) is 33.5 Å². The summed E-state index contributed by atoms with van der Waals surface area (Å²) in [6.45, 7) is 0.164. The Morgan fingerprint density at radius 2 is 1.78 bits per heavy atom. The van der Waals surface area contributed by atoms with Crippen LogP contribution < -0.4 is 4.74 Å². The lowest BCUT2D eigenvalue weighted by Crippen LogP contribution is -2.29. The Hall–Kier alpha value is -3.35. The number of hydrogen-bond acceptors (Lipinski definition) is 5. The molecule has 0 spiro atoms. The topological polar surface area (TPSA) is 79.7 Å². The molecule has 3 aromatic rings. The van der Waals surface area contributed by atoms with Crippen molar-refractivity contribution in [3.63, 3.8) is 0 Å². The molecule has 1 atom stereocenters. The summed E-state index contributed by atoms with van der Waals surface area (Å²) in [5, 5.41) is 11.7. The molecule has 32 heavy (non-hydrogen) atoms. The van der Waals surface area contributed by atoms with Gasteiger partial charge >= 0.3 is 0 Å². The van der Waals surface area contributed by atoms with Crippen LogP contribution in [0.25, 0.3) is 5.76 Å². The Morgan fingerprint density at radius 3 is 2.44 bits per heavy atom. The molecule has 8 heteroatoms. The van der Waals surface area contributed by atoms with Crippen molar-refractivity contribution in [1.29, 1.82) is 0 Å². The first-order chi connectivity index (χ1) is 15.4. The van der Waals surface area contributed by atoms with E-state index in [1.807, 2.05) is 6.07 Å². The molecule has 1 aliphatic rings. The van der Waals surface area contributed by atoms with Gasteiger partial charge in [0.2, 0.25) is 0 Å². The molecule has 1 aromatic heterocycles. The summed E-state index contributed by atoms with van der Waals surface area (Å²) in [5.41, 5.74) is 1.54. The fourth-order valence-corrected chi connectivity index (χ4v) is 4.37. The van der Waals surface area contributed by atoms with Crippen LogP contribution in [0.2, 0.25) is 10.0 Å². The van der Waals surface area contributed by atoms with Crippen LogP contribution in [0.15, 0.2) is 72.6 Å². The lowest BCUT2D eigenvalue weighted by Gasteiger charge is -2.25. The van der Waals surface area contributed by atoms with Crippen LogP contribution in [0.1, 0.15) is 22.7 Å². The minimum absolute atomic E-state index is 0.0631. The number of aliphatic hydroxyl groups is 1. The predicted molar refractivity (Wildman–Crippen MR) is 122 cm³/mol. The maximum Gasteiger partial charge on any atom is 0.295 e. The summed E-state index contributed by atoms with van der Waals surface area (Å²) in [6, 6.07) is 14.7. The number of ether oxygens (including phenoxy) is 1. The van der Waals surface area contributed by atoms with E-state index in [0.717, 1.165) is 5.56 Å². The number of methoxy groups -OCH3 is 1. The quantitative estimate of drug-likeness (QED) is 0.323. The number of amides is 1. The molecular weight excluding hydrogens is 451 g/mol. The lowest BCUT2D eigenvalue weighted by atomic mass is 9.95. The van der Waals surface area contributed by atoms with Crippen molar-refractivity contribution < 1.29 is 19.4 Å². The molecule has 162 valence electrons. The molecule has 0 aliphatic carbocycles. The van der Waals surface area contributed by atoms with Crippen molar-refractivity contribution in [1.82, 2.24) is 9.88 Å². The van der Waals surface area contributed by atoms with Gasteiger partial charge in [0.15, 0.2) is 0 Å². The zero-order valence-electron chi connectivity index (χ0n) is 17.0. The Bertz CT molecular complexity index is 1210. The van der Waals surface area contributed by atoms with Crippen molar-refractivity contribution in [3.8, 4) is 5.75 Å². The van der Waals surface area contributed by atoms with E-state index in [1.54, 1.807) is 48.8 Å². The number of Topliss-reactive ketones (excluding diaryl/α,β-unsaturated/α-hetero) is 1. The third-order valence-electron chi connectivity index (χ3n) is 5.23. The summed E-state index contributed by atoms with van der Waals surface area (Å²) >= 11 is 12.4. The lowest BCUT2D eigenvalue weighted by molar-refractivity contribution is -0.140. The van der Waals surface area contributed by atoms with Crippen LogP contribution in [0.4, 0.5) is 0 Å². The molecule has 1 N–H and O–H groups in total. The number of carbonyl (C=O) groups excluding carboxylic acids is 2. The van der Waals surface area contributed by atoms with Gasteiger partial charge in [0.25, 0.3) is 11.7 Å². The maximum absolute atomic E-state index is 13.1. The molecule has 1 saturated heterocycles. The highest BCUT2D eigenvalue weighted by molar-refractivity contribution is 6.46. The molecule has 1 unspecified atom stereocenters. The van der Waals surface area contributed by atoms with E-state index in [0.29, 0.717) is 5.56 Å². The highest BCUT2D eigenvalue weighted by Gasteiger charge is 2.46. The SMILES string of the molecule is COc1c(Cl)cc(Cl)cc1/C(O)=C1\C(=O)C(=O)N(Cc2ccncc2)C1c1ccccc1. The number of likely N-dealkylation sites (tertiary alicyclic amines) is 1. The van der Waals surface area contributed by atoms with E-state index in [9.17, 15) is 14.7 Å². The smallest absolute Gasteiger partial charge is 0.295 e. The first kappa shape index (κ1) is 21.9. The number of rotatable bonds is 5. The van der Waals surface area contributed by atoms with E-state index in [1.165, 1.54) is 24.1 Å². The van der Waals surface area contributed by atoms with Crippen LogP contribution >= 0.6 is 23.2 Å². The molecular formula is C24H18Cl2N2O4. The first-order valence-corrected chi connectivity index (χ1v) is 10.4. The Labute approximate surface area is 194 Å². The van der Waals surface area contributed by atoms with Gasteiger partial charge in [0.05, 0.1) is 29.3 Å². The van der Waals surface area contributed by atoms with E-state index in [4.69, 9.17) is 27.9 Å². The highest BCUT2D eigenvalue weighted by atomic mass is 35.5. The van der Waals surface area contributed by atoms with Crippen molar-refractivity contribution in [2.75, 3.05) is 7.11 Å². The second-order valence-electron chi connectivity index (χ2n) is 7.16. The molecule has 2 heterocycles. The van der Waals surface area contributed by atoms with E-state index in [2.05, 4.69) is 4.98 Å². The van der Waals surface area contributed by atoms with Gasteiger partial charge in [-0.05, 0) is 35.4 Å². The Morgan fingerprint density at radius 1 is 1.09 bits per heavy atom. The molecule has 4 rings (SSSR count). The fourth-order valence-electron chi connectivity index (χ4n) is 3.80. The number of carbonyl (C=O) groups is 2. The predicted octanol–water partition coefficient (Wildman–Crippen LogP) is 5.02. The molecule has 0 bridgehead atoms. The standard InChI is InChI=1S/C24H18Cl2N2O4/c1-32-23-17(11-16(25)12-18(23)26)21(29)19-20(15-5-3-2-4-6-15)28(24(31)22(19)30)13-14-7-9-27-10-8-14/h2-12,20,29H,13H2,1H3/b21-19+. The second-order valence-corrected chi connectivity index (χ2v) is 8.01. The summed E-state index contributed by atoms with van der Waals surface area (Å²) < 4.78 is 5.34. The van der Waals surface area contributed by atoms with Crippen LogP contribution in [-0.4, -0.2) is 33.8 Å². The molecule has 1 fully saturated rings. The summed E-state index contributed by atoms with van der Waals surface area (Å²) in [6.07, 6.45) is 3.23. The Kier molecular flexibility index (Phi) is 6.17. The van der Waals surface area contributed by atoms with Crippen LogP contribution in [0.3, 0.4) is 0 Å². The fraction of sp³-hybridized carbons (Fsp3) is 0.125. The van der Waals surface area contributed by atoms with E-state index < -0.39 is 23.5 Å². The number of benzene rings is 2. The summed E-state index contributed by atoms with van der Waals surface area (Å²) in [4.78, 5) is 31.6. The largest absolute Gasteiger partial charge is 0.507 e. The van der Waals surface area contributed by atoms with Crippen LogP contribution in [0.5, 0.6) is 5.75 Å². The average molecular weight is 469 g/mol. The molecule has 2 aromatic carbocycles. The normalized spacial score (nSPS) is 17.6. The zero-order chi connectivity index (χ0) is 22.8. The molecule has 0 saturated carbocycles. The van der Waals surface area contributed by atoms with Crippen molar-refractivity contribution in [2.24, 2.45) is 0 Å². The minimum Gasteiger partial charge on any atom is -0.507 e. The van der Waals surface area contributed by atoms with Crippen molar-refractivity contribution in [2.45, 2.75) is 12.6 Å². The molecule has 1 amide bonds. The highest BCUT2D eigenvalue weighted by Crippen LogP contribution is 2.43.